The van der Waals surface area contributed by atoms with Crippen LogP contribution in [0.5, 0.6) is 0 Å². The lowest BCUT2D eigenvalue weighted by atomic mass is 10.1. The first kappa shape index (κ1) is 13.9. The lowest BCUT2D eigenvalue weighted by molar-refractivity contribution is 0.563. The molecule has 0 saturated carbocycles. The molecule has 1 aromatic heterocycles. The van der Waals surface area contributed by atoms with Crippen molar-refractivity contribution in [1.29, 1.82) is 0 Å². The average molecular weight is 280 g/mol. The molecule has 0 bridgehead atoms. The van der Waals surface area contributed by atoms with Crippen molar-refractivity contribution >= 4 is 11.6 Å². The number of hydrogen-bond donors (Lipinski definition) is 1. The van der Waals surface area contributed by atoms with E-state index in [0.717, 1.165) is 17.1 Å². The predicted octanol–water partition coefficient (Wildman–Crippen LogP) is 3.43. The fourth-order valence-electron chi connectivity index (χ4n) is 1.76. The van der Waals surface area contributed by atoms with Gasteiger partial charge in [0.05, 0.1) is 10.7 Å². The van der Waals surface area contributed by atoms with E-state index in [-0.39, 0.29) is 11.1 Å². The predicted molar refractivity (Wildman–Crippen MR) is 73.4 cm³/mol. The van der Waals surface area contributed by atoms with E-state index < -0.39 is 5.82 Å². The van der Waals surface area contributed by atoms with Crippen LogP contribution >= 0.6 is 11.6 Å². The van der Waals surface area contributed by atoms with Gasteiger partial charge in [-0.1, -0.05) is 17.7 Å². The minimum Gasteiger partial charge on any atom is -0.305 e. The van der Waals surface area contributed by atoms with Crippen LogP contribution in [0.25, 0.3) is 0 Å². The van der Waals surface area contributed by atoms with Crippen molar-refractivity contribution in [3.05, 3.63) is 58.4 Å². The molecule has 0 saturated heterocycles. The van der Waals surface area contributed by atoms with E-state index in [1.54, 1.807) is 18.3 Å². The molecule has 3 nitrogen and oxygen atoms in total. The Kier molecular flexibility index (Phi) is 4.45. The largest absolute Gasteiger partial charge is 0.305 e. The van der Waals surface area contributed by atoms with Crippen molar-refractivity contribution in [3.8, 4) is 0 Å². The smallest absolute Gasteiger partial charge is 0.141 e. The molecule has 2 rings (SSSR count). The molecule has 0 fully saturated rings. The third-order valence-electron chi connectivity index (χ3n) is 2.87. The molecule has 0 radical (unpaired) electrons. The van der Waals surface area contributed by atoms with Crippen LogP contribution in [-0.4, -0.2) is 9.97 Å². The molecule has 19 heavy (non-hydrogen) atoms. The Morgan fingerprint density at radius 1 is 1.37 bits per heavy atom. The van der Waals surface area contributed by atoms with Gasteiger partial charge in [0.25, 0.3) is 0 Å². The maximum absolute atomic E-state index is 13.1. The Morgan fingerprint density at radius 2 is 2.16 bits per heavy atom. The topological polar surface area (TPSA) is 37.8 Å². The lowest BCUT2D eigenvalue weighted by Crippen LogP contribution is -2.19. The zero-order valence-electron chi connectivity index (χ0n) is 10.8. The molecule has 1 N–H and O–H groups in total. The second-order valence-electron chi connectivity index (χ2n) is 4.37. The van der Waals surface area contributed by atoms with Crippen molar-refractivity contribution in [3.63, 3.8) is 0 Å². The standard InChI is InChI=1S/C14H15ClFN3/c1-9(11-3-4-14(16)13(15)7-11)18-8-12-5-6-17-10(2)19-12/h3-7,9,18H,8H2,1-2H3. The van der Waals surface area contributed by atoms with Gasteiger partial charge in [0.15, 0.2) is 0 Å². The van der Waals surface area contributed by atoms with Crippen molar-refractivity contribution in [2.75, 3.05) is 0 Å². The molecule has 100 valence electrons. The van der Waals surface area contributed by atoms with Crippen LogP contribution in [0.2, 0.25) is 5.02 Å². The lowest BCUT2D eigenvalue weighted by Gasteiger charge is -2.14. The number of benzene rings is 1. The molecule has 0 aliphatic rings. The maximum Gasteiger partial charge on any atom is 0.141 e. The monoisotopic (exact) mass is 279 g/mol. The maximum atomic E-state index is 13.1. The van der Waals surface area contributed by atoms with Crippen LogP contribution in [-0.2, 0) is 6.54 Å². The van der Waals surface area contributed by atoms with E-state index in [0.29, 0.717) is 6.54 Å². The molecule has 2 aromatic rings. The summed E-state index contributed by atoms with van der Waals surface area (Å²) >= 11 is 5.77. The van der Waals surface area contributed by atoms with E-state index in [9.17, 15) is 4.39 Å². The van der Waals surface area contributed by atoms with Gasteiger partial charge >= 0.3 is 0 Å². The third kappa shape index (κ3) is 3.72. The van der Waals surface area contributed by atoms with Gasteiger partial charge < -0.3 is 5.32 Å². The number of rotatable bonds is 4. The summed E-state index contributed by atoms with van der Waals surface area (Å²) in [6.07, 6.45) is 1.73. The normalized spacial score (nSPS) is 12.4. The average Bonchev–Trinajstić information content (AvgIpc) is 2.39. The summed E-state index contributed by atoms with van der Waals surface area (Å²) in [5.41, 5.74) is 1.87. The van der Waals surface area contributed by atoms with E-state index in [1.165, 1.54) is 6.07 Å². The van der Waals surface area contributed by atoms with Crippen LogP contribution in [0.15, 0.2) is 30.5 Å². The van der Waals surface area contributed by atoms with Crippen LogP contribution in [0.1, 0.15) is 30.0 Å². The Bertz CT molecular complexity index is 574. The minimum absolute atomic E-state index is 0.0633. The summed E-state index contributed by atoms with van der Waals surface area (Å²) in [5.74, 6) is 0.348. The van der Waals surface area contributed by atoms with Crippen LogP contribution in [0, 0.1) is 12.7 Å². The van der Waals surface area contributed by atoms with E-state index in [1.807, 2.05) is 19.9 Å². The molecule has 1 heterocycles. The van der Waals surface area contributed by atoms with Crippen molar-refractivity contribution in [2.45, 2.75) is 26.4 Å². The van der Waals surface area contributed by atoms with Crippen LogP contribution in [0.3, 0.4) is 0 Å². The van der Waals surface area contributed by atoms with Gasteiger partial charge in [0.1, 0.15) is 11.6 Å². The summed E-state index contributed by atoms with van der Waals surface area (Å²) < 4.78 is 13.1. The van der Waals surface area contributed by atoms with E-state index in [4.69, 9.17) is 11.6 Å². The molecule has 0 spiro atoms. The number of nitrogens with zero attached hydrogens (tertiary/aromatic N) is 2. The number of nitrogens with one attached hydrogen (secondary N) is 1. The third-order valence-corrected chi connectivity index (χ3v) is 3.16. The Labute approximate surface area is 116 Å². The second kappa shape index (κ2) is 6.08. The first-order valence-corrected chi connectivity index (χ1v) is 6.41. The quantitative estimate of drug-likeness (QED) is 0.932. The van der Waals surface area contributed by atoms with Gasteiger partial charge in [-0.05, 0) is 37.6 Å². The molecule has 1 unspecified atom stereocenters. The first-order chi connectivity index (χ1) is 9.06. The molecular weight excluding hydrogens is 265 g/mol. The zero-order valence-corrected chi connectivity index (χ0v) is 11.6. The zero-order chi connectivity index (χ0) is 13.8. The van der Waals surface area contributed by atoms with Crippen molar-refractivity contribution in [2.24, 2.45) is 0 Å². The van der Waals surface area contributed by atoms with Gasteiger partial charge in [-0.15, -0.1) is 0 Å². The number of hydrogen-bond acceptors (Lipinski definition) is 3. The SMILES string of the molecule is Cc1nccc(CNC(C)c2ccc(F)c(Cl)c2)n1. The van der Waals surface area contributed by atoms with E-state index >= 15 is 0 Å². The second-order valence-corrected chi connectivity index (χ2v) is 4.78. The summed E-state index contributed by atoms with van der Waals surface area (Å²) in [6, 6.07) is 6.67. The molecule has 1 aromatic carbocycles. The van der Waals surface area contributed by atoms with Crippen LogP contribution < -0.4 is 5.32 Å². The molecule has 0 amide bonds. The number of aromatic nitrogens is 2. The Morgan fingerprint density at radius 3 is 2.84 bits per heavy atom. The van der Waals surface area contributed by atoms with Crippen molar-refractivity contribution in [1.82, 2.24) is 15.3 Å². The fourth-order valence-corrected chi connectivity index (χ4v) is 1.95. The van der Waals surface area contributed by atoms with Crippen LogP contribution in [0.4, 0.5) is 4.39 Å². The highest BCUT2D eigenvalue weighted by Gasteiger charge is 2.08. The molecule has 0 aliphatic heterocycles. The summed E-state index contributed by atoms with van der Waals surface area (Å²) in [5, 5.41) is 3.46. The molecule has 5 heteroatoms. The van der Waals surface area contributed by atoms with Gasteiger partial charge in [-0.25, -0.2) is 14.4 Å². The van der Waals surface area contributed by atoms with Gasteiger partial charge in [-0.3, -0.25) is 0 Å². The first-order valence-electron chi connectivity index (χ1n) is 6.03. The highest BCUT2D eigenvalue weighted by Crippen LogP contribution is 2.20. The fraction of sp³-hybridized carbons (Fsp3) is 0.286. The number of halogens is 2. The summed E-state index contributed by atoms with van der Waals surface area (Å²) in [6.45, 7) is 4.48. The molecule has 0 aliphatic carbocycles. The highest BCUT2D eigenvalue weighted by atomic mass is 35.5. The Hall–Kier alpha value is -1.52. The van der Waals surface area contributed by atoms with E-state index in [2.05, 4.69) is 15.3 Å². The van der Waals surface area contributed by atoms with Gasteiger partial charge in [-0.2, -0.15) is 0 Å². The summed E-state index contributed by atoms with van der Waals surface area (Å²) in [4.78, 5) is 8.36. The molecule has 1 atom stereocenters. The number of aryl methyl sites for hydroxylation is 1. The Balaban J connectivity index is 2.01. The van der Waals surface area contributed by atoms with Crippen molar-refractivity contribution < 1.29 is 4.39 Å². The minimum atomic E-state index is -0.399. The summed E-state index contributed by atoms with van der Waals surface area (Å²) in [7, 11) is 0. The highest BCUT2D eigenvalue weighted by molar-refractivity contribution is 6.30. The van der Waals surface area contributed by atoms with Gasteiger partial charge in [0.2, 0.25) is 0 Å². The van der Waals surface area contributed by atoms with Gasteiger partial charge in [0, 0.05) is 18.8 Å². The molecular formula is C14H15ClFN3.